The number of sulfonamides is 1. The van der Waals surface area contributed by atoms with Crippen molar-refractivity contribution in [3.63, 3.8) is 0 Å². The summed E-state index contributed by atoms with van der Waals surface area (Å²) in [6.07, 6.45) is 0.413. The maximum atomic E-state index is 11.0. The smallest absolute Gasteiger partial charge is 0.212 e. The molecule has 1 unspecified atom stereocenters. The lowest BCUT2D eigenvalue weighted by Crippen LogP contribution is -2.27. The molecule has 0 aromatic heterocycles. The summed E-state index contributed by atoms with van der Waals surface area (Å²) in [5.41, 5.74) is 0.913. The van der Waals surface area contributed by atoms with Crippen LogP contribution in [0.25, 0.3) is 0 Å². The van der Waals surface area contributed by atoms with Crippen molar-refractivity contribution in [1.82, 2.24) is 0 Å². The minimum atomic E-state index is -3.44. The lowest BCUT2D eigenvalue weighted by atomic mass is 10.1. The molecule has 0 bridgehead atoms. The molecule has 0 saturated carbocycles. The third-order valence-corrected chi connectivity index (χ3v) is 3.54. The van der Waals surface area contributed by atoms with Crippen molar-refractivity contribution in [2.24, 2.45) is 5.14 Å². The van der Waals surface area contributed by atoms with Crippen LogP contribution in [0, 0.1) is 0 Å². The second kappa shape index (κ2) is 4.29. The number of halogens is 1. The van der Waals surface area contributed by atoms with E-state index in [0.29, 0.717) is 11.4 Å². The molecule has 1 aromatic carbocycles. The summed E-state index contributed by atoms with van der Waals surface area (Å²) in [5.74, 6) is 0. The van der Waals surface area contributed by atoms with Crippen LogP contribution in [0.3, 0.4) is 0 Å². The molecule has 5 heteroatoms. The minimum Gasteiger partial charge on any atom is -0.228 e. The van der Waals surface area contributed by atoms with Crippen LogP contribution in [-0.2, 0) is 16.4 Å². The molecule has 3 nitrogen and oxygen atoms in total. The van der Waals surface area contributed by atoms with E-state index in [2.05, 4.69) is 0 Å². The molecule has 0 spiro atoms. The van der Waals surface area contributed by atoms with Crippen molar-refractivity contribution in [2.45, 2.75) is 18.6 Å². The fourth-order valence-electron chi connectivity index (χ4n) is 1.07. The van der Waals surface area contributed by atoms with E-state index in [1.54, 1.807) is 31.2 Å². The molecule has 0 radical (unpaired) electrons. The molecule has 0 aliphatic heterocycles. The van der Waals surface area contributed by atoms with Crippen LogP contribution >= 0.6 is 11.6 Å². The Kier molecular flexibility index (Phi) is 3.53. The number of hydrogen-bond acceptors (Lipinski definition) is 2. The Morgan fingerprint density at radius 1 is 1.36 bits per heavy atom. The van der Waals surface area contributed by atoms with Crippen LogP contribution < -0.4 is 5.14 Å². The van der Waals surface area contributed by atoms with Gasteiger partial charge in [0.25, 0.3) is 0 Å². The first-order chi connectivity index (χ1) is 6.39. The molecular weight excluding hydrogens is 222 g/mol. The van der Waals surface area contributed by atoms with E-state index in [-0.39, 0.29) is 0 Å². The summed E-state index contributed by atoms with van der Waals surface area (Å²) < 4.78 is 21.9. The van der Waals surface area contributed by atoms with Crippen LogP contribution in [0.5, 0.6) is 0 Å². The summed E-state index contributed by atoms with van der Waals surface area (Å²) in [6.45, 7) is 1.59. The van der Waals surface area contributed by atoms with E-state index in [9.17, 15) is 8.42 Å². The summed E-state index contributed by atoms with van der Waals surface area (Å²) in [5, 5.41) is 5.07. The van der Waals surface area contributed by atoms with E-state index < -0.39 is 15.3 Å². The largest absolute Gasteiger partial charge is 0.228 e. The molecule has 78 valence electrons. The van der Waals surface area contributed by atoms with E-state index in [0.717, 1.165) is 5.56 Å². The Balaban J connectivity index is 2.75. The van der Waals surface area contributed by atoms with Crippen LogP contribution in [0.1, 0.15) is 12.5 Å². The highest BCUT2D eigenvalue weighted by Crippen LogP contribution is 2.12. The molecule has 0 saturated heterocycles. The Morgan fingerprint density at radius 3 is 2.29 bits per heavy atom. The first-order valence-electron chi connectivity index (χ1n) is 4.15. The fraction of sp³-hybridized carbons (Fsp3) is 0.333. The molecule has 0 heterocycles. The van der Waals surface area contributed by atoms with Gasteiger partial charge in [-0.3, -0.25) is 0 Å². The Labute approximate surface area is 88.9 Å². The van der Waals surface area contributed by atoms with E-state index in [1.165, 1.54) is 0 Å². The van der Waals surface area contributed by atoms with E-state index >= 15 is 0 Å². The second-order valence-corrected chi connectivity index (χ2v) is 5.65. The highest BCUT2D eigenvalue weighted by molar-refractivity contribution is 7.89. The first kappa shape index (κ1) is 11.5. The number of primary sulfonamides is 1. The zero-order chi connectivity index (χ0) is 10.8. The van der Waals surface area contributed by atoms with Crippen molar-refractivity contribution >= 4 is 21.6 Å². The molecule has 0 aliphatic rings. The van der Waals surface area contributed by atoms with Gasteiger partial charge in [-0.1, -0.05) is 23.7 Å². The van der Waals surface area contributed by atoms with Gasteiger partial charge >= 0.3 is 0 Å². The van der Waals surface area contributed by atoms with Gasteiger partial charge in [-0.2, -0.15) is 0 Å². The highest BCUT2D eigenvalue weighted by atomic mass is 35.5. The lowest BCUT2D eigenvalue weighted by Gasteiger charge is -2.08. The van der Waals surface area contributed by atoms with Crippen molar-refractivity contribution in [1.29, 1.82) is 0 Å². The summed E-state index contributed by atoms with van der Waals surface area (Å²) in [4.78, 5) is 0. The zero-order valence-corrected chi connectivity index (χ0v) is 9.35. The zero-order valence-electron chi connectivity index (χ0n) is 7.77. The number of hydrogen-bond donors (Lipinski definition) is 1. The summed E-state index contributed by atoms with van der Waals surface area (Å²) in [7, 11) is -3.44. The maximum Gasteiger partial charge on any atom is 0.212 e. The van der Waals surface area contributed by atoms with Gasteiger partial charge in [0, 0.05) is 5.02 Å². The summed E-state index contributed by atoms with van der Waals surface area (Å²) in [6, 6.07) is 7.05. The number of nitrogens with two attached hydrogens (primary N) is 1. The van der Waals surface area contributed by atoms with Crippen molar-refractivity contribution < 1.29 is 8.42 Å². The minimum absolute atomic E-state index is 0.413. The molecule has 0 aliphatic carbocycles. The normalized spacial score (nSPS) is 13.9. The average Bonchev–Trinajstić information content (AvgIpc) is 2.07. The molecule has 1 rings (SSSR count). The molecular formula is C9H12ClNO2S. The first-order valence-corrected chi connectivity index (χ1v) is 6.14. The van der Waals surface area contributed by atoms with Gasteiger partial charge in [-0.05, 0) is 31.0 Å². The predicted molar refractivity (Wildman–Crippen MR) is 57.7 cm³/mol. The third kappa shape index (κ3) is 3.29. The van der Waals surface area contributed by atoms with Gasteiger partial charge in [0.15, 0.2) is 0 Å². The van der Waals surface area contributed by atoms with Gasteiger partial charge in [-0.25, -0.2) is 13.6 Å². The van der Waals surface area contributed by atoms with Crippen LogP contribution in [0.15, 0.2) is 24.3 Å². The summed E-state index contributed by atoms with van der Waals surface area (Å²) >= 11 is 5.70. The molecule has 0 amide bonds. The number of rotatable bonds is 3. The molecule has 0 fully saturated rings. The van der Waals surface area contributed by atoms with Crippen molar-refractivity contribution in [3.05, 3.63) is 34.9 Å². The van der Waals surface area contributed by atoms with Crippen molar-refractivity contribution in [3.8, 4) is 0 Å². The second-order valence-electron chi connectivity index (χ2n) is 3.23. The van der Waals surface area contributed by atoms with Gasteiger partial charge < -0.3 is 0 Å². The van der Waals surface area contributed by atoms with E-state index in [1.807, 2.05) is 0 Å². The molecule has 1 atom stereocenters. The lowest BCUT2D eigenvalue weighted by molar-refractivity contribution is 0.584. The van der Waals surface area contributed by atoms with Gasteiger partial charge in [-0.15, -0.1) is 0 Å². The third-order valence-electron chi connectivity index (χ3n) is 2.00. The Bertz CT molecular complexity index is 399. The van der Waals surface area contributed by atoms with Gasteiger partial charge in [0.2, 0.25) is 10.0 Å². The van der Waals surface area contributed by atoms with Gasteiger partial charge in [0.05, 0.1) is 5.25 Å². The maximum absolute atomic E-state index is 11.0. The highest BCUT2D eigenvalue weighted by Gasteiger charge is 2.15. The van der Waals surface area contributed by atoms with Gasteiger partial charge in [0.1, 0.15) is 0 Å². The van der Waals surface area contributed by atoms with Crippen molar-refractivity contribution in [2.75, 3.05) is 0 Å². The monoisotopic (exact) mass is 233 g/mol. The SMILES string of the molecule is CC(Cc1ccc(Cl)cc1)S(N)(=O)=O. The van der Waals surface area contributed by atoms with Crippen LogP contribution in [0.4, 0.5) is 0 Å². The topological polar surface area (TPSA) is 60.2 Å². The molecule has 2 N–H and O–H groups in total. The van der Waals surface area contributed by atoms with Crippen LogP contribution in [0.2, 0.25) is 5.02 Å². The standard InChI is InChI=1S/C9H12ClNO2S/c1-7(14(11,12)13)6-8-2-4-9(10)5-3-8/h2-5,7H,6H2,1H3,(H2,11,12,13). The predicted octanol–water partition coefficient (Wildman–Crippen LogP) is 1.56. The van der Waals surface area contributed by atoms with E-state index in [4.69, 9.17) is 16.7 Å². The molecule has 14 heavy (non-hydrogen) atoms. The number of benzene rings is 1. The Hall–Kier alpha value is -0.580. The van der Waals surface area contributed by atoms with Crippen LogP contribution in [-0.4, -0.2) is 13.7 Å². The quantitative estimate of drug-likeness (QED) is 0.861. The Morgan fingerprint density at radius 2 is 1.86 bits per heavy atom. The molecule has 1 aromatic rings. The fourth-order valence-corrected chi connectivity index (χ4v) is 1.62. The average molecular weight is 234 g/mol.